The maximum Gasteiger partial charge on any atom is 3.00 e. The monoisotopic (exact) mass is 207 g/mol. The van der Waals surface area contributed by atoms with Gasteiger partial charge in [0.1, 0.15) is 0 Å². The van der Waals surface area contributed by atoms with Crippen LogP contribution in [-0.2, 0) is 0 Å². The Morgan fingerprint density at radius 3 is 1.44 bits per heavy atom. The van der Waals surface area contributed by atoms with E-state index in [1.807, 2.05) is 0 Å². The van der Waals surface area contributed by atoms with Crippen molar-refractivity contribution in [3.63, 3.8) is 0 Å². The van der Waals surface area contributed by atoms with Crippen LogP contribution in [-0.4, -0.2) is 28.8 Å². The van der Waals surface area contributed by atoms with Gasteiger partial charge in [-0.05, 0) is 0 Å². The maximum absolute atomic E-state index is 9.17. The number of halogens is 3. The summed E-state index contributed by atoms with van der Waals surface area (Å²) < 4.78 is 0. The van der Waals surface area contributed by atoms with Gasteiger partial charge in [0, 0.05) is 11.8 Å². The van der Waals surface area contributed by atoms with Gasteiger partial charge in [-0.25, -0.2) is 0 Å². The fraction of sp³-hybridized carbons (Fsp3) is 1.00. The smallest absolute Gasteiger partial charge is 1.00 e. The quantitative estimate of drug-likeness (QED) is 0.244. The van der Waals surface area contributed by atoms with Crippen molar-refractivity contribution >= 4 is 17.4 Å². The molecule has 0 heterocycles. The van der Waals surface area contributed by atoms with Crippen LogP contribution in [0.2, 0.25) is 0 Å². The second-order valence-corrected chi connectivity index (χ2v) is 0.649. The first-order valence-electron chi connectivity index (χ1n) is 1.39. The summed E-state index contributed by atoms with van der Waals surface area (Å²) in [5.74, 6) is 0. The topological polar surface area (TPSA) is 43.1 Å². The fourth-order valence-electron chi connectivity index (χ4n) is 0. The Morgan fingerprint density at radius 1 is 1.33 bits per heavy atom. The summed E-state index contributed by atoms with van der Waals surface area (Å²) in [6.07, 6.45) is 0. The Balaban J connectivity index is -0.0000000133. The Kier molecular flexibility index (Phi) is 85.0. The summed E-state index contributed by atoms with van der Waals surface area (Å²) >= 11 is 0. The Hall–Kier alpha value is 0.802. The third-order valence-electron chi connectivity index (χ3n) is 0.258. The van der Waals surface area contributed by atoms with Crippen LogP contribution in [0.15, 0.2) is 0 Å². The van der Waals surface area contributed by atoms with E-state index in [1.54, 1.807) is 0 Å². The second-order valence-electron chi connectivity index (χ2n) is 0.649. The molecule has 0 bridgehead atoms. The van der Waals surface area contributed by atoms with Crippen molar-refractivity contribution < 1.29 is 42.1 Å². The standard InChI is InChI=1S/C2H5NO2.Al.3ClH/c1-2-3(4)5;;;;/h2H2,1H3;;3*1H/q;+3;;;/p-3. The molecule has 9 heavy (non-hydrogen) atoms. The van der Waals surface area contributed by atoms with E-state index in [0.29, 0.717) is 0 Å². The Bertz CT molecular complexity index is 55.1. The zero-order valence-corrected chi connectivity index (χ0v) is 8.10. The largest absolute Gasteiger partial charge is 3.00 e. The van der Waals surface area contributed by atoms with Crippen LogP contribution < -0.4 is 37.2 Å². The molecule has 0 amide bonds. The molecule has 0 radical (unpaired) electrons. The molecule has 0 saturated carbocycles. The molecule has 7 heteroatoms. The number of nitrogens with zero attached hydrogens (tertiary/aromatic N) is 1. The molecular formula is C2H5AlCl3NO2. The SMILES string of the molecule is CC[N+](=O)[O-].[Al+3].[Cl-].[Cl-].[Cl-]. The Labute approximate surface area is 83.1 Å². The van der Waals surface area contributed by atoms with Crippen LogP contribution in [0.3, 0.4) is 0 Å². The van der Waals surface area contributed by atoms with E-state index in [2.05, 4.69) is 0 Å². The minimum atomic E-state index is -0.375. The molecule has 0 aromatic heterocycles. The summed E-state index contributed by atoms with van der Waals surface area (Å²) in [6.45, 7) is 1.53. The predicted molar refractivity (Wildman–Crippen MR) is 23.3 cm³/mol. The van der Waals surface area contributed by atoms with E-state index in [9.17, 15) is 10.1 Å². The predicted octanol–water partition coefficient (Wildman–Crippen LogP) is -9.09. The molecule has 0 aromatic rings. The molecule has 0 rings (SSSR count). The third-order valence-corrected chi connectivity index (χ3v) is 0.258. The van der Waals surface area contributed by atoms with Crippen molar-refractivity contribution in [1.29, 1.82) is 0 Å². The van der Waals surface area contributed by atoms with Gasteiger partial charge in [-0.3, -0.25) is 10.1 Å². The van der Waals surface area contributed by atoms with Gasteiger partial charge in [0.2, 0.25) is 6.54 Å². The molecule has 0 atom stereocenters. The number of hydrogen-bond donors (Lipinski definition) is 0. The first-order chi connectivity index (χ1) is 2.27. The van der Waals surface area contributed by atoms with Gasteiger partial charge in [-0.1, -0.05) is 0 Å². The third kappa shape index (κ3) is 51.9. The van der Waals surface area contributed by atoms with Crippen molar-refractivity contribution in [1.82, 2.24) is 0 Å². The summed E-state index contributed by atoms with van der Waals surface area (Å²) in [5.41, 5.74) is 0. The molecule has 0 aromatic carbocycles. The summed E-state index contributed by atoms with van der Waals surface area (Å²) in [6, 6.07) is 0. The van der Waals surface area contributed by atoms with Gasteiger partial charge in [0.05, 0.1) is 0 Å². The molecule has 0 N–H and O–H groups in total. The van der Waals surface area contributed by atoms with Gasteiger partial charge < -0.3 is 37.2 Å². The zero-order valence-electron chi connectivity index (χ0n) is 4.68. The molecule has 0 aliphatic carbocycles. The minimum absolute atomic E-state index is 0. The van der Waals surface area contributed by atoms with E-state index >= 15 is 0 Å². The fourth-order valence-corrected chi connectivity index (χ4v) is 0. The van der Waals surface area contributed by atoms with Crippen LogP contribution in [0, 0.1) is 10.1 Å². The maximum atomic E-state index is 9.17. The van der Waals surface area contributed by atoms with Crippen molar-refractivity contribution in [3.05, 3.63) is 10.1 Å². The first kappa shape index (κ1) is 32.9. The van der Waals surface area contributed by atoms with Crippen molar-refractivity contribution in [3.8, 4) is 0 Å². The second kappa shape index (κ2) is 23.2. The molecule has 0 saturated heterocycles. The average Bonchev–Trinajstić information content (AvgIpc) is 1.38. The van der Waals surface area contributed by atoms with E-state index in [1.165, 1.54) is 6.92 Å². The van der Waals surface area contributed by atoms with Gasteiger partial charge in [-0.2, -0.15) is 0 Å². The van der Waals surface area contributed by atoms with Gasteiger partial charge in [-0.15, -0.1) is 0 Å². The molecule has 0 unspecified atom stereocenters. The Morgan fingerprint density at radius 2 is 1.44 bits per heavy atom. The van der Waals surface area contributed by atoms with E-state index in [0.717, 1.165) is 0 Å². The van der Waals surface area contributed by atoms with E-state index in [4.69, 9.17) is 0 Å². The van der Waals surface area contributed by atoms with Gasteiger partial charge >= 0.3 is 17.4 Å². The molecule has 3 nitrogen and oxygen atoms in total. The molecule has 54 valence electrons. The molecule has 0 fully saturated rings. The normalized spacial score (nSPS) is 4.11. The number of hydrogen-bond acceptors (Lipinski definition) is 2. The first-order valence-corrected chi connectivity index (χ1v) is 1.39. The summed E-state index contributed by atoms with van der Waals surface area (Å²) in [4.78, 5) is 8.80. The molecule has 0 spiro atoms. The van der Waals surface area contributed by atoms with Crippen LogP contribution in [0.4, 0.5) is 0 Å². The van der Waals surface area contributed by atoms with Gasteiger partial charge in [0.25, 0.3) is 0 Å². The zero-order chi connectivity index (χ0) is 4.28. The number of rotatable bonds is 1. The van der Waals surface area contributed by atoms with E-state index in [-0.39, 0.29) is 66.1 Å². The van der Waals surface area contributed by atoms with Crippen molar-refractivity contribution in [2.75, 3.05) is 6.54 Å². The molecule has 0 aliphatic heterocycles. The van der Waals surface area contributed by atoms with Crippen LogP contribution in [0.1, 0.15) is 6.92 Å². The van der Waals surface area contributed by atoms with Crippen LogP contribution >= 0.6 is 0 Å². The van der Waals surface area contributed by atoms with Crippen molar-refractivity contribution in [2.24, 2.45) is 0 Å². The number of nitro groups is 1. The van der Waals surface area contributed by atoms with Crippen LogP contribution in [0.25, 0.3) is 0 Å². The summed E-state index contributed by atoms with van der Waals surface area (Å²) in [7, 11) is 0. The minimum Gasteiger partial charge on any atom is -1.00 e. The molecule has 0 aliphatic rings. The van der Waals surface area contributed by atoms with Crippen LogP contribution in [0.5, 0.6) is 0 Å². The van der Waals surface area contributed by atoms with E-state index < -0.39 is 0 Å². The average molecular weight is 208 g/mol. The summed E-state index contributed by atoms with van der Waals surface area (Å²) in [5, 5.41) is 9.17. The van der Waals surface area contributed by atoms with Gasteiger partial charge in [0.15, 0.2) is 0 Å². The molecular weight excluding hydrogens is 203 g/mol. The van der Waals surface area contributed by atoms with Crippen molar-refractivity contribution in [2.45, 2.75) is 6.92 Å².